The summed E-state index contributed by atoms with van der Waals surface area (Å²) in [4.78, 5) is 3.72. The third-order valence-electron chi connectivity index (χ3n) is 4.38. The van der Waals surface area contributed by atoms with Crippen molar-refractivity contribution in [3.05, 3.63) is 70.7 Å². The zero-order valence-corrected chi connectivity index (χ0v) is 18.8. The number of halogens is 1. The molecule has 0 saturated heterocycles. The Labute approximate surface area is 180 Å². The molecule has 26 heavy (non-hydrogen) atoms. The molecule has 0 fully saturated rings. The minimum absolute atomic E-state index is 0. The molecule has 4 rings (SSSR count). The molecular formula is C21H22IN2S2+. The van der Waals surface area contributed by atoms with Gasteiger partial charge in [0, 0.05) is 23.6 Å². The van der Waals surface area contributed by atoms with E-state index in [1.54, 1.807) is 0 Å². The minimum Gasteiger partial charge on any atom is -0.335 e. The van der Waals surface area contributed by atoms with E-state index in [1.165, 1.54) is 30.8 Å². The molecular weight excluding hydrogens is 471 g/mol. The van der Waals surface area contributed by atoms with Crippen LogP contribution in [0.15, 0.2) is 70.6 Å². The van der Waals surface area contributed by atoms with Crippen LogP contribution in [0, 0.1) is 0 Å². The minimum atomic E-state index is 0. The fraction of sp³-hybridized carbons (Fsp3) is 0.190. The Balaban J connectivity index is 0.00000196. The molecule has 1 aliphatic rings. The quantitative estimate of drug-likeness (QED) is 0.311. The first kappa shape index (κ1) is 19.5. The number of anilines is 1. The van der Waals surface area contributed by atoms with Crippen molar-refractivity contribution in [2.45, 2.75) is 25.3 Å². The van der Waals surface area contributed by atoms with Crippen LogP contribution in [0.5, 0.6) is 0 Å². The molecule has 0 atom stereocenters. The zero-order valence-electron chi connectivity index (χ0n) is 14.9. The summed E-state index contributed by atoms with van der Waals surface area (Å²) in [5.74, 6) is 0. The van der Waals surface area contributed by atoms with Crippen molar-refractivity contribution in [1.82, 2.24) is 0 Å². The molecule has 0 radical (unpaired) electrons. The third kappa shape index (κ3) is 3.57. The standard InChI is InChI=1S/C21H21N2S2.HI/c1-3-22-16-10-5-7-12-18(16)24-20(22)14-9-15-21-23(4-2)17-11-6-8-13-19(17)25-21;/h5-15H,3-4H2,1-2H3;1H/q+1;. The van der Waals surface area contributed by atoms with Crippen LogP contribution in [-0.2, 0) is 6.54 Å². The molecule has 1 aromatic heterocycles. The van der Waals surface area contributed by atoms with Crippen molar-refractivity contribution in [3.8, 4) is 0 Å². The number of nitrogens with zero attached hydrogens (tertiary/aromatic N) is 2. The van der Waals surface area contributed by atoms with Crippen molar-refractivity contribution in [3.63, 3.8) is 0 Å². The number of fused-ring (bicyclic) bond motifs is 2. The molecule has 0 N–H and O–H groups in total. The van der Waals surface area contributed by atoms with Crippen LogP contribution in [0.4, 0.5) is 5.69 Å². The van der Waals surface area contributed by atoms with Gasteiger partial charge < -0.3 is 4.90 Å². The molecule has 2 nitrogen and oxygen atoms in total. The van der Waals surface area contributed by atoms with Gasteiger partial charge in [-0.2, -0.15) is 4.57 Å². The lowest BCUT2D eigenvalue weighted by molar-refractivity contribution is -0.665. The summed E-state index contributed by atoms with van der Waals surface area (Å²) in [5.41, 5.74) is 2.64. The molecule has 1 aliphatic heterocycles. The molecule has 0 unspecified atom stereocenters. The lowest BCUT2D eigenvalue weighted by atomic mass is 10.3. The first-order chi connectivity index (χ1) is 12.3. The molecule has 3 aromatic rings. The lowest BCUT2D eigenvalue weighted by Gasteiger charge is -2.17. The van der Waals surface area contributed by atoms with Gasteiger partial charge in [0.1, 0.15) is 11.2 Å². The third-order valence-corrected chi connectivity index (χ3v) is 6.64. The van der Waals surface area contributed by atoms with Crippen molar-refractivity contribution in [2.75, 3.05) is 11.4 Å². The highest BCUT2D eigenvalue weighted by atomic mass is 127. The highest BCUT2D eigenvalue weighted by Crippen LogP contribution is 2.45. The van der Waals surface area contributed by atoms with Crippen molar-refractivity contribution < 1.29 is 4.57 Å². The maximum absolute atomic E-state index is 2.38. The predicted molar refractivity (Wildman–Crippen MR) is 126 cm³/mol. The Morgan fingerprint density at radius 2 is 1.81 bits per heavy atom. The molecule has 5 heteroatoms. The molecule has 2 heterocycles. The van der Waals surface area contributed by atoms with Crippen LogP contribution in [0.25, 0.3) is 16.3 Å². The largest absolute Gasteiger partial charge is 0.335 e. The Hall–Kier alpha value is -1.31. The van der Waals surface area contributed by atoms with Gasteiger partial charge in [0.2, 0.25) is 5.52 Å². The summed E-state index contributed by atoms with van der Waals surface area (Å²) < 4.78 is 3.72. The van der Waals surface area contributed by atoms with Crippen LogP contribution < -0.4 is 9.47 Å². The van der Waals surface area contributed by atoms with Crippen LogP contribution >= 0.6 is 47.1 Å². The number of benzene rings is 2. The van der Waals surface area contributed by atoms with E-state index in [9.17, 15) is 0 Å². The van der Waals surface area contributed by atoms with Gasteiger partial charge in [-0.25, -0.2) is 0 Å². The second-order valence-electron chi connectivity index (χ2n) is 5.83. The van der Waals surface area contributed by atoms with Gasteiger partial charge in [0.25, 0.3) is 5.01 Å². The maximum atomic E-state index is 2.38. The second kappa shape index (κ2) is 8.59. The summed E-state index contributed by atoms with van der Waals surface area (Å²) in [7, 11) is 0. The van der Waals surface area contributed by atoms with Gasteiger partial charge in [0.15, 0.2) is 0 Å². The van der Waals surface area contributed by atoms with Gasteiger partial charge in [-0.15, -0.1) is 24.0 Å². The molecule has 0 aliphatic carbocycles. The van der Waals surface area contributed by atoms with Crippen molar-refractivity contribution in [1.29, 1.82) is 0 Å². The molecule has 0 saturated carbocycles. The van der Waals surface area contributed by atoms with Crippen molar-refractivity contribution in [2.24, 2.45) is 0 Å². The van der Waals surface area contributed by atoms with E-state index >= 15 is 0 Å². The number of thioether (sulfide) groups is 1. The smallest absolute Gasteiger partial charge is 0.262 e. The van der Waals surface area contributed by atoms with Gasteiger partial charge in [0.05, 0.1) is 10.7 Å². The highest BCUT2D eigenvalue weighted by Gasteiger charge is 2.22. The number of aryl methyl sites for hydroxylation is 1. The average Bonchev–Trinajstić information content (AvgIpc) is 3.18. The molecule has 0 spiro atoms. The van der Waals surface area contributed by atoms with Gasteiger partial charge in [-0.1, -0.05) is 53.4 Å². The van der Waals surface area contributed by atoms with Gasteiger partial charge in [-0.3, -0.25) is 0 Å². The Morgan fingerprint density at radius 3 is 2.62 bits per heavy atom. The first-order valence-corrected chi connectivity index (χ1v) is 10.3. The molecule has 134 valence electrons. The molecule has 2 aromatic carbocycles. The number of para-hydroxylation sites is 2. The fourth-order valence-electron chi connectivity index (χ4n) is 3.22. The van der Waals surface area contributed by atoms with Crippen molar-refractivity contribution >= 4 is 69.1 Å². The van der Waals surface area contributed by atoms with Crippen LogP contribution in [0.2, 0.25) is 0 Å². The SMILES string of the molecule is CCN1/C(=C/C=C/c2sc3ccccc3[n+]2CC)Sc2ccccc21.I. The summed E-state index contributed by atoms with van der Waals surface area (Å²) in [5, 5.41) is 2.59. The average molecular weight is 493 g/mol. The number of allylic oxidation sites excluding steroid dienone is 2. The van der Waals surface area contributed by atoms with E-state index in [0.717, 1.165) is 13.1 Å². The number of thiazole rings is 1. The van der Waals surface area contributed by atoms with E-state index in [4.69, 9.17) is 0 Å². The second-order valence-corrected chi connectivity index (χ2v) is 7.95. The van der Waals surface area contributed by atoms with Crippen LogP contribution in [0.3, 0.4) is 0 Å². The summed E-state index contributed by atoms with van der Waals surface area (Å²) in [6, 6.07) is 17.2. The van der Waals surface area contributed by atoms with Crippen LogP contribution in [0.1, 0.15) is 18.9 Å². The van der Waals surface area contributed by atoms with Gasteiger partial charge >= 0.3 is 0 Å². The van der Waals surface area contributed by atoms with E-state index in [-0.39, 0.29) is 24.0 Å². The van der Waals surface area contributed by atoms with Crippen LogP contribution in [-0.4, -0.2) is 6.54 Å². The number of rotatable bonds is 4. The summed E-state index contributed by atoms with van der Waals surface area (Å²) in [6.07, 6.45) is 6.66. The van der Waals surface area contributed by atoms with Gasteiger partial charge in [-0.05, 0) is 38.1 Å². The normalized spacial score (nSPS) is 15.0. The zero-order chi connectivity index (χ0) is 17.2. The lowest BCUT2D eigenvalue weighted by Crippen LogP contribution is -2.33. The highest BCUT2D eigenvalue weighted by molar-refractivity contribution is 14.0. The van der Waals surface area contributed by atoms with E-state index < -0.39 is 0 Å². The summed E-state index contributed by atoms with van der Waals surface area (Å²) in [6.45, 7) is 6.39. The topological polar surface area (TPSA) is 7.12 Å². The monoisotopic (exact) mass is 493 g/mol. The maximum Gasteiger partial charge on any atom is 0.262 e. The number of hydrogen-bond donors (Lipinski definition) is 0. The number of hydrogen-bond acceptors (Lipinski definition) is 3. The first-order valence-electron chi connectivity index (χ1n) is 8.66. The fourth-order valence-corrected chi connectivity index (χ4v) is 5.50. The van der Waals surface area contributed by atoms with E-state index in [2.05, 4.69) is 90.1 Å². The Bertz CT molecular complexity index is 975. The Kier molecular flexibility index (Phi) is 6.42. The predicted octanol–water partition coefficient (Wildman–Crippen LogP) is 6.31. The van der Waals surface area contributed by atoms with E-state index in [0.29, 0.717) is 0 Å². The molecule has 0 bridgehead atoms. The molecule has 0 amide bonds. The van der Waals surface area contributed by atoms with E-state index in [1.807, 2.05) is 23.1 Å². The number of aromatic nitrogens is 1. The Morgan fingerprint density at radius 1 is 1.04 bits per heavy atom. The summed E-state index contributed by atoms with van der Waals surface area (Å²) >= 11 is 3.70.